The molecule has 2 N–H and O–H groups in total. The molecule has 2 aromatic heterocycles. The number of hydrogen-bond acceptors (Lipinski definition) is 5. The van der Waals surface area contributed by atoms with Gasteiger partial charge in [-0.15, -0.1) is 0 Å². The molecule has 4 aromatic rings. The van der Waals surface area contributed by atoms with Crippen molar-refractivity contribution in [2.45, 2.75) is 33.9 Å². The van der Waals surface area contributed by atoms with Crippen molar-refractivity contribution in [1.82, 2.24) is 25.2 Å². The molecule has 0 saturated heterocycles. The molecule has 0 radical (unpaired) electrons. The van der Waals surface area contributed by atoms with E-state index in [2.05, 4.69) is 20.7 Å². The monoisotopic (exact) mass is 491 g/mol. The lowest BCUT2D eigenvalue weighted by molar-refractivity contribution is 0.0940. The molecular weight excluding hydrogens is 468 g/mol. The van der Waals surface area contributed by atoms with E-state index in [9.17, 15) is 23.2 Å². The first kappa shape index (κ1) is 24.6. The van der Waals surface area contributed by atoms with Gasteiger partial charge in [-0.1, -0.05) is 30.3 Å². The molecular formula is C26H23F2N5O3. The maximum Gasteiger partial charge on any atom is 0.270 e. The van der Waals surface area contributed by atoms with Gasteiger partial charge in [-0.25, -0.2) is 18.3 Å². The van der Waals surface area contributed by atoms with Crippen molar-refractivity contribution in [2.24, 2.45) is 0 Å². The van der Waals surface area contributed by atoms with Gasteiger partial charge in [-0.3, -0.25) is 14.4 Å². The number of Topliss-reactive ketones (excluding diaryl/α,β-unsaturated/α-hetero) is 1. The number of rotatable bonds is 7. The molecule has 0 bridgehead atoms. The van der Waals surface area contributed by atoms with Gasteiger partial charge >= 0.3 is 0 Å². The highest BCUT2D eigenvalue weighted by molar-refractivity contribution is 5.98. The van der Waals surface area contributed by atoms with E-state index in [-0.39, 0.29) is 41.7 Å². The second-order valence-electron chi connectivity index (χ2n) is 8.41. The van der Waals surface area contributed by atoms with Crippen LogP contribution < -0.4 is 10.6 Å². The molecule has 0 aliphatic carbocycles. The molecule has 184 valence electrons. The summed E-state index contributed by atoms with van der Waals surface area (Å²) in [5, 5.41) is 9.24. The number of carbonyl (C=O) groups excluding carboxylic acids is 3. The number of nitrogens with zero attached hydrogens (tertiary/aromatic N) is 3. The summed E-state index contributed by atoms with van der Waals surface area (Å²) in [7, 11) is 0. The summed E-state index contributed by atoms with van der Waals surface area (Å²) in [4.78, 5) is 41.4. The van der Waals surface area contributed by atoms with Gasteiger partial charge in [0.2, 0.25) is 0 Å². The van der Waals surface area contributed by atoms with Crippen LogP contribution in [-0.2, 0) is 13.1 Å². The number of halogens is 2. The Kier molecular flexibility index (Phi) is 6.86. The van der Waals surface area contributed by atoms with Crippen molar-refractivity contribution in [1.29, 1.82) is 0 Å². The van der Waals surface area contributed by atoms with Gasteiger partial charge in [-0.2, -0.15) is 5.10 Å². The fourth-order valence-corrected chi connectivity index (χ4v) is 3.81. The number of ketones is 1. The zero-order chi connectivity index (χ0) is 26.0. The maximum absolute atomic E-state index is 14.3. The smallest absolute Gasteiger partial charge is 0.270 e. The van der Waals surface area contributed by atoms with Crippen LogP contribution in [0.25, 0.3) is 5.65 Å². The van der Waals surface area contributed by atoms with Crippen LogP contribution >= 0.6 is 0 Å². The highest BCUT2D eigenvalue weighted by Crippen LogP contribution is 2.15. The van der Waals surface area contributed by atoms with Crippen molar-refractivity contribution < 1.29 is 23.2 Å². The third-order valence-corrected chi connectivity index (χ3v) is 5.69. The highest BCUT2D eigenvalue weighted by atomic mass is 19.1. The van der Waals surface area contributed by atoms with E-state index < -0.39 is 17.6 Å². The molecule has 10 heteroatoms. The Labute approximate surface area is 205 Å². The number of nitrogens with one attached hydrogen (secondary N) is 2. The number of hydrogen-bond donors (Lipinski definition) is 2. The van der Waals surface area contributed by atoms with Crippen molar-refractivity contribution >= 4 is 23.2 Å². The van der Waals surface area contributed by atoms with Gasteiger partial charge in [-0.05, 0) is 49.1 Å². The summed E-state index contributed by atoms with van der Waals surface area (Å²) in [6.45, 7) is 5.13. The lowest BCUT2D eigenvalue weighted by Gasteiger charge is -2.11. The van der Waals surface area contributed by atoms with Gasteiger partial charge < -0.3 is 10.6 Å². The van der Waals surface area contributed by atoms with Crippen LogP contribution in [0.5, 0.6) is 0 Å². The van der Waals surface area contributed by atoms with Crippen LogP contribution in [0.1, 0.15) is 60.5 Å². The molecule has 0 spiro atoms. The summed E-state index contributed by atoms with van der Waals surface area (Å²) in [5.74, 6) is -2.42. The minimum atomic E-state index is -0.789. The average Bonchev–Trinajstić information content (AvgIpc) is 3.22. The summed E-state index contributed by atoms with van der Waals surface area (Å²) in [5.41, 5.74) is 2.72. The van der Waals surface area contributed by atoms with Crippen LogP contribution in [0.3, 0.4) is 0 Å². The van der Waals surface area contributed by atoms with Crippen molar-refractivity contribution in [3.05, 3.63) is 99.5 Å². The van der Waals surface area contributed by atoms with Crippen molar-refractivity contribution in [3.8, 4) is 0 Å². The summed E-state index contributed by atoms with van der Waals surface area (Å²) in [6, 6.07) is 10.9. The molecule has 0 aliphatic rings. The minimum absolute atomic E-state index is 0.0525. The van der Waals surface area contributed by atoms with E-state index in [0.29, 0.717) is 16.7 Å². The van der Waals surface area contributed by atoms with Gasteiger partial charge in [0.05, 0.1) is 6.20 Å². The number of amides is 2. The molecule has 8 nitrogen and oxygen atoms in total. The first-order chi connectivity index (χ1) is 17.1. The lowest BCUT2D eigenvalue weighted by Crippen LogP contribution is -2.28. The topological polar surface area (TPSA) is 105 Å². The Morgan fingerprint density at radius 2 is 1.50 bits per heavy atom. The Morgan fingerprint density at radius 1 is 0.861 bits per heavy atom. The first-order valence-electron chi connectivity index (χ1n) is 11.1. The first-order valence-corrected chi connectivity index (χ1v) is 11.1. The summed E-state index contributed by atoms with van der Waals surface area (Å²) >= 11 is 0. The molecule has 2 heterocycles. The fraction of sp³-hybridized carbons (Fsp3) is 0.192. The summed E-state index contributed by atoms with van der Waals surface area (Å²) in [6.07, 6.45) is 0.909. The van der Waals surface area contributed by atoms with E-state index in [4.69, 9.17) is 0 Å². The Bertz CT molecular complexity index is 1510. The van der Waals surface area contributed by atoms with Crippen LogP contribution in [0.2, 0.25) is 0 Å². The van der Waals surface area contributed by atoms with E-state index in [1.165, 1.54) is 19.1 Å². The molecule has 2 aromatic carbocycles. The van der Waals surface area contributed by atoms with Crippen molar-refractivity contribution in [3.63, 3.8) is 0 Å². The number of benzene rings is 2. The third-order valence-electron chi connectivity index (χ3n) is 5.69. The number of carbonyl (C=O) groups is 3. The van der Waals surface area contributed by atoms with E-state index in [0.717, 1.165) is 21.8 Å². The lowest BCUT2D eigenvalue weighted by atomic mass is 10.0. The normalized spacial score (nSPS) is 10.9. The Hall–Kier alpha value is -4.47. The average molecular weight is 491 g/mol. The summed E-state index contributed by atoms with van der Waals surface area (Å²) < 4.78 is 28.8. The van der Waals surface area contributed by atoms with Gasteiger partial charge in [0.15, 0.2) is 17.2 Å². The Balaban J connectivity index is 1.54. The van der Waals surface area contributed by atoms with E-state index >= 15 is 0 Å². The van der Waals surface area contributed by atoms with Crippen LogP contribution in [0, 0.1) is 25.5 Å². The SMILES string of the molecule is CC(=O)c1ccc(CNC(=O)c2cc(C(=O)NCc3ccc(F)c(C)c3)nc3c(F)cnn23)cc1C. The molecule has 0 unspecified atom stereocenters. The van der Waals surface area contributed by atoms with Crippen LogP contribution in [0.15, 0.2) is 48.7 Å². The molecule has 2 amide bonds. The maximum atomic E-state index is 14.3. The zero-order valence-corrected chi connectivity index (χ0v) is 19.9. The zero-order valence-electron chi connectivity index (χ0n) is 19.9. The standard InChI is InChI=1S/C26H23F2N5O3/c1-14-8-17(4-6-19(14)16(3)34)12-30-26(36)23-10-22(32-24-21(28)13-31-33(23)24)25(35)29-11-18-5-7-20(27)15(2)9-18/h4-10,13H,11-12H2,1-3H3,(H,29,35)(H,30,36). The number of aromatic nitrogens is 3. The molecule has 36 heavy (non-hydrogen) atoms. The minimum Gasteiger partial charge on any atom is -0.347 e. The quantitative estimate of drug-likeness (QED) is 0.384. The van der Waals surface area contributed by atoms with Crippen LogP contribution in [-0.4, -0.2) is 32.2 Å². The molecule has 0 aliphatic heterocycles. The second-order valence-corrected chi connectivity index (χ2v) is 8.41. The second kappa shape index (κ2) is 10.0. The highest BCUT2D eigenvalue weighted by Gasteiger charge is 2.20. The van der Waals surface area contributed by atoms with Crippen molar-refractivity contribution in [2.75, 3.05) is 0 Å². The predicted octanol–water partition coefficient (Wildman–Crippen LogP) is 3.69. The Morgan fingerprint density at radius 3 is 2.14 bits per heavy atom. The largest absolute Gasteiger partial charge is 0.347 e. The van der Waals surface area contributed by atoms with Gasteiger partial charge in [0, 0.05) is 24.7 Å². The molecule has 0 atom stereocenters. The number of fused-ring (bicyclic) bond motifs is 1. The number of aryl methyl sites for hydroxylation is 2. The van der Waals surface area contributed by atoms with E-state index in [1.54, 1.807) is 44.2 Å². The van der Waals surface area contributed by atoms with Gasteiger partial charge in [0.1, 0.15) is 17.2 Å². The molecule has 4 rings (SSSR count). The predicted molar refractivity (Wildman–Crippen MR) is 128 cm³/mol. The third kappa shape index (κ3) is 5.12. The molecule has 0 saturated carbocycles. The molecule has 0 fully saturated rings. The van der Waals surface area contributed by atoms with E-state index in [1.807, 2.05) is 0 Å². The van der Waals surface area contributed by atoms with Gasteiger partial charge in [0.25, 0.3) is 11.8 Å². The fourth-order valence-electron chi connectivity index (χ4n) is 3.81. The van der Waals surface area contributed by atoms with Crippen LogP contribution in [0.4, 0.5) is 8.78 Å².